The third kappa shape index (κ3) is 8.91. The van der Waals surface area contributed by atoms with Crippen LogP contribution in [0.25, 0.3) is 10.8 Å². The van der Waals surface area contributed by atoms with Gasteiger partial charge in [0.1, 0.15) is 6.04 Å². The van der Waals surface area contributed by atoms with Crippen molar-refractivity contribution in [2.75, 3.05) is 32.5 Å². The second kappa shape index (κ2) is 14.8. The first-order valence-corrected chi connectivity index (χ1v) is 15.1. The fraction of sp³-hybridized carbons (Fsp3) is 0.400. The number of anilines is 1. The van der Waals surface area contributed by atoms with Gasteiger partial charge < -0.3 is 26.2 Å². The van der Waals surface area contributed by atoms with Gasteiger partial charge in [-0.15, -0.1) is 0 Å². The smallest absolute Gasteiger partial charge is 0.407 e. The zero-order chi connectivity index (χ0) is 30.0. The van der Waals surface area contributed by atoms with Gasteiger partial charge in [-0.25, -0.2) is 13.2 Å². The number of carbonyl (C=O) groups excluding carboxylic acids is 2. The highest BCUT2D eigenvalue weighted by Gasteiger charge is 2.31. The van der Waals surface area contributed by atoms with Crippen molar-refractivity contribution in [1.82, 2.24) is 14.9 Å². The Hall–Kier alpha value is -3.67. The lowest BCUT2D eigenvalue weighted by atomic mass is 10.0. The Balaban J connectivity index is 1.65. The molecule has 0 saturated heterocycles. The minimum Gasteiger partial charge on any atom is -0.453 e. The molecule has 11 heteroatoms. The van der Waals surface area contributed by atoms with Crippen molar-refractivity contribution < 1.29 is 27.9 Å². The molecule has 0 saturated carbocycles. The Bertz CT molecular complexity index is 1410. The number of amides is 2. The van der Waals surface area contributed by atoms with Crippen molar-refractivity contribution in [2.24, 2.45) is 5.92 Å². The zero-order valence-electron chi connectivity index (χ0n) is 23.7. The zero-order valence-corrected chi connectivity index (χ0v) is 24.6. The molecule has 3 rings (SSSR count). The van der Waals surface area contributed by atoms with Gasteiger partial charge in [0.05, 0.1) is 18.6 Å². The molecule has 0 aromatic heterocycles. The van der Waals surface area contributed by atoms with Crippen LogP contribution in [-0.4, -0.2) is 68.7 Å². The van der Waals surface area contributed by atoms with E-state index in [4.69, 9.17) is 10.5 Å². The molecule has 0 aliphatic carbocycles. The minimum absolute atomic E-state index is 0.0209. The van der Waals surface area contributed by atoms with Gasteiger partial charge in [0.2, 0.25) is 15.9 Å². The number of fused-ring (bicyclic) bond motifs is 1. The van der Waals surface area contributed by atoms with Gasteiger partial charge in [-0.3, -0.25) is 4.79 Å². The van der Waals surface area contributed by atoms with Crippen LogP contribution in [0, 0.1) is 5.92 Å². The van der Waals surface area contributed by atoms with Crippen LogP contribution in [0.1, 0.15) is 32.3 Å². The molecule has 2 amide bonds. The van der Waals surface area contributed by atoms with Crippen LogP contribution in [0.5, 0.6) is 0 Å². The Morgan fingerprint density at radius 1 is 1.02 bits per heavy atom. The van der Waals surface area contributed by atoms with Gasteiger partial charge in [-0.05, 0) is 59.4 Å². The van der Waals surface area contributed by atoms with E-state index in [-0.39, 0.29) is 36.9 Å². The number of carbonyl (C=O) groups is 2. The summed E-state index contributed by atoms with van der Waals surface area (Å²) in [6, 6.07) is 18.1. The number of nitrogens with one attached hydrogen (secondary N) is 2. The summed E-state index contributed by atoms with van der Waals surface area (Å²) < 4.78 is 32.9. The number of hydrogen-bond acceptors (Lipinski definition) is 7. The quantitative estimate of drug-likeness (QED) is 0.168. The first-order chi connectivity index (χ1) is 19.5. The maximum atomic E-state index is 13.4. The highest BCUT2D eigenvalue weighted by molar-refractivity contribution is 7.89. The van der Waals surface area contributed by atoms with E-state index in [1.165, 1.54) is 35.7 Å². The summed E-state index contributed by atoms with van der Waals surface area (Å²) in [6.45, 7) is 3.89. The topological polar surface area (TPSA) is 151 Å². The number of nitrogens with two attached hydrogens (primary N) is 1. The number of rotatable bonds is 14. The summed E-state index contributed by atoms with van der Waals surface area (Å²) in [5, 5.41) is 17.7. The third-order valence-electron chi connectivity index (χ3n) is 6.71. The molecule has 0 heterocycles. The number of ether oxygens (including phenoxy) is 1. The number of alkyl carbamates (subject to hydrolysis) is 1. The first-order valence-electron chi connectivity index (χ1n) is 13.6. The average molecular weight is 585 g/mol. The molecule has 0 spiro atoms. The van der Waals surface area contributed by atoms with Crippen LogP contribution >= 0.6 is 0 Å². The lowest BCUT2D eigenvalue weighted by Crippen LogP contribution is -2.48. The number of nitrogens with zero attached hydrogens (tertiary/aromatic N) is 1. The molecule has 0 bridgehead atoms. The van der Waals surface area contributed by atoms with Gasteiger partial charge in [-0.2, -0.15) is 4.31 Å². The summed E-state index contributed by atoms with van der Waals surface area (Å²) in [6.07, 6.45) is 0.261. The SMILES string of the molecule is COC(=O)N[C@@H](Cc1ccc2ccccc2c1)C(=O)NCCCC(CO)N(CC(C)C)S(=O)(=O)c1ccc(N)cc1. The maximum absolute atomic E-state index is 13.4. The number of aliphatic hydroxyl groups is 1. The lowest BCUT2D eigenvalue weighted by Gasteiger charge is -2.31. The Labute approximate surface area is 241 Å². The Morgan fingerprint density at radius 2 is 1.71 bits per heavy atom. The fourth-order valence-electron chi connectivity index (χ4n) is 4.59. The van der Waals surface area contributed by atoms with E-state index in [9.17, 15) is 23.1 Å². The van der Waals surface area contributed by atoms with Crippen LogP contribution in [0.15, 0.2) is 71.6 Å². The molecule has 3 aromatic rings. The van der Waals surface area contributed by atoms with Gasteiger partial charge in [0, 0.05) is 31.2 Å². The fourth-order valence-corrected chi connectivity index (χ4v) is 6.40. The Kier molecular flexibility index (Phi) is 11.5. The first kappa shape index (κ1) is 31.9. The van der Waals surface area contributed by atoms with Crippen molar-refractivity contribution in [1.29, 1.82) is 0 Å². The van der Waals surface area contributed by atoms with Crippen molar-refractivity contribution in [3.8, 4) is 0 Å². The highest BCUT2D eigenvalue weighted by Crippen LogP contribution is 2.23. The molecule has 5 N–H and O–H groups in total. The second-order valence-corrected chi connectivity index (χ2v) is 12.3. The largest absolute Gasteiger partial charge is 0.453 e. The molecule has 3 aromatic carbocycles. The molecule has 10 nitrogen and oxygen atoms in total. The predicted octanol–water partition coefficient (Wildman–Crippen LogP) is 3.29. The second-order valence-electron chi connectivity index (χ2n) is 10.4. The van der Waals surface area contributed by atoms with Crippen LogP contribution in [-0.2, 0) is 26.0 Å². The molecule has 0 fully saturated rings. The molecular weight excluding hydrogens is 544 g/mol. The van der Waals surface area contributed by atoms with E-state index in [1.807, 2.05) is 56.3 Å². The van der Waals surface area contributed by atoms with Gasteiger partial charge in [0.15, 0.2) is 0 Å². The normalized spacial score (nSPS) is 13.2. The van der Waals surface area contributed by atoms with E-state index in [0.29, 0.717) is 18.5 Å². The number of aliphatic hydroxyl groups excluding tert-OH is 1. The van der Waals surface area contributed by atoms with E-state index in [1.54, 1.807) is 0 Å². The number of methoxy groups -OCH3 is 1. The summed E-state index contributed by atoms with van der Waals surface area (Å²) in [7, 11) is -2.66. The standard InChI is InChI=1S/C30H40N4O6S/c1-21(2)19-34(41(38,39)27-14-12-25(31)13-15-27)26(20-35)9-6-16-32-29(36)28(33-30(37)40-3)18-22-10-11-23-7-4-5-8-24(23)17-22/h4-5,7-8,10-15,17,21,26,28,35H,6,9,16,18-20,31H2,1-3H3,(H,32,36)(H,33,37)/t26?,28-/m0/s1. The van der Waals surface area contributed by atoms with Crippen molar-refractivity contribution >= 4 is 38.5 Å². The summed E-state index contributed by atoms with van der Waals surface area (Å²) in [4.78, 5) is 25.2. The van der Waals surface area contributed by atoms with Crippen LogP contribution < -0.4 is 16.4 Å². The van der Waals surface area contributed by atoms with Crippen LogP contribution in [0.2, 0.25) is 0 Å². The molecular formula is C30H40N4O6S. The number of hydrogen-bond donors (Lipinski definition) is 4. The van der Waals surface area contributed by atoms with Crippen LogP contribution in [0.4, 0.5) is 10.5 Å². The summed E-state index contributed by atoms with van der Waals surface area (Å²) >= 11 is 0. The van der Waals surface area contributed by atoms with E-state index in [2.05, 4.69) is 10.6 Å². The molecule has 222 valence electrons. The van der Waals surface area contributed by atoms with Gasteiger partial charge in [-0.1, -0.05) is 56.3 Å². The molecule has 0 aliphatic heterocycles. The third-order valence-corrected chi connectivity index (χ3v) is 8.64. The molecule has 41 heavy (non-hydrogen) atoms. The molecule has 0 radical (unpaired) electrons. The molecule has 2 atom stereocenters. The minimum atomic E-state index is -3.89. The van der Waals surface area contributed by atoms with Crippen molar-refractivity contribution in [3.05, 3.63) is 72.3 Å². The average Bonchev–Trinajstić information content (AvgIpc) is 2.95. The summed E-state index contributed by atoms with van der Waals surface area (Å²) in [5.41, 5.74) is 7.05. The highest BCUT2D eigenvalue weighted by atomic mass is 32.2. The van der Waals surface area contributed by atoms with E-state index < -0.39 is 34.1 Å². The van der Waals surface area contributed by atoms with Crippen LogP contribution in [0.3, 0.4) is 0 Å². The number of benzene rings is 3. The van der Waals surface area contributed by atoms with Gasteiger partial charge >= 0.3 is 6.09 Å². The summed E-state index contributed by atoms with van der Waals surface area (Å²) in [5.74, 6) is -0.370. The lowest BCUT2D eigenvalue weighted by molar-refractivity contribution is -0.123. The molecule has 0 aliphatic rings. The van der Waals surface area contributed by atoms with Gasteiger partial charge in [0.25, 0.3) is 0 Å². The predicted molar refractivity (Wildman–Crippen MR) is 160 cm³/mol. The van der Waals surface area contributed by atoms with Crippen molar-refractivity contribution in [3.63, 3.8) is 0 Å². The number of nitrogen functional groups attached to an aromatic ring is 1. The number of sulfonamides is 1. The monoisotopic (exact) mass is 584 g/mol. The van der Waals surface area contributed by atoms with E-state index in [0.717, 1.165) is 16.3 Å². The maximum Gasteiger partial charge on any atom is 0.407 e. The molecule has 1 unspecified atom stereocenters. The van der Waals surface area contributed by atoms with E-state index >= 15 is 0 Å². The van der Waals surface area contributed by atoms with Crippen molar-refractivity contribution in [2.45, 2.75) is 50.1 Å². The Morgan fingerprint density at radius 3 is 2.34 bits per heavy atom.